The quantitative estimate of drug-likeness (QED) is 0.187. The van der Waals surface area contributed by atoms with E-state index in [2.05, 4.69) is 68.5 Å². The van der Waals surface area contributed by atoms with Gasteiger partial charge >= 0.3 is 5.97 Å². The van der Waals surface area contributed by atoms with Crippen molar-refractivity contribution in [1.82, 2.24) is 0 Å². The summed E-state index contributed by atoms with van der Waals surface area (Å²) in [5.41, 5.74) is 2.81. The summed E-state index contributed by atoms with van der Waals surface area (Å²) in [5.74, 6) is 3.01. The van der Waals surface area contributed by atoms with Crippen LogP contribution in [-0.2, 0) is 14.3 Å². The number of aliphatic hydroxyl groups is 1. The van der Waals surface area contributed by atoms with Gasteiger partial charge in [0.1, 0.15) is 5.78 Å². The van der Waals surface area contributed by atoms with Gasteiger partial charge in [0, 0.05) is 18.3 Å². The minimum atomic E-state index is -0.250. The molecule has 44 heavy (non-hydrogen) atoms. The number of carbonyl (C=O) groups is 2. The molecule has 4 rings (SSSR count). The van der Waals surface area contributed by atoms with Gasteiger partial charge in [-0.15, -0.1) is 0 Å². The molecule has 0 radical (unpaired) electrons. The van der Waals surface area contributed by atoms with Crippen LogP contribution in [0, 0.1) is 57.2 Å². The average Bonchev–Trinajstić information content (AvgIpc) is 2.92. The summed E-state index contributed by atoms with van der Waals surface area (Å²) >= 11 is 0. The minimum absolute atomic E-state index is 0.0408. The van der Waals surface area contributed by atoms with E-state index < -0.39 is 0 Å². The van der Waals surface area contributed by atoms with Gasteiger partial charge < -0.3 is 9.84 Å². The standard InChI is InChI=1S/C40H66O4/c1-26(11-15-30-28(3)13-17-32-37(5,6)34(41)19-22-39(30,32)9)21-24-44-36(43)25-27(2)12-16-31-29(4)14-18-33-38(7,8)35(42)20-23-40(31,33)10/h26-27,30-34,41H,3-4,11-25H2,1-2,5-10H3/t26-,27-,30-,31-,32-,33-,34-,39+,40+/m0/s1. The normalized spacial score (nSPS) is 37.9. The molecule has 0 aliphatic heterocycles. The summed E-state index contributed by atoms with van der Waals surface area (Å²) in [6.07, 6.45) is 13.4. The highest BCUT2D eigenvalue weighted by Gasteiger charge is 2.57. The van der Waals surface area contributed by atoms with Crippen molar-refractivity contribution < 1.29 is 19.4 Å². The molecule has 0 bridgehead atoms. The van der Waals surface area contributed by atoms with Crippen molar-refractivity contribution in [2.45, 2.75) is 151 Å². The summed E-state index contributed by atoms with van der Waals surface area (Å²) in [5, 5.41) is 10.8. The number of Topliss-reactive ketones (excluding diaryl/α,β-unsaturated/α-hetero) is 1. The Kier molecular flexibility index (Phi) is 10.8. The zero-order valence-electron chi connectivity index (χ0n) is 29.7. The fourth-order valence-corrected chi connectivity index (χ4v) is 11.1. The Morgan fingerprint density at radius 3 is 1.98 bits per heavy atom. The fourth-order valence-electron chi connectivity index (χ4n) is 11.1. The van der Waals surface area contributed by atoms with Crippen LogP contribution >= 0.6 is 0 Å². The van der Waals surface area contributed by atoms with Gasteiger partial charge in [0.2, 0.25) is 0 Å². The molecule has 1 N–H and O–H groups in total. The van der Waals surface area contributed by atoms with Gasteiger partial charge in [0.05, 0.1) is 12.7 Å². The Hall–Kier alpha value is -1.42. The molecule has 4 saturated carbocycles. The second kappa shape index (κ2) is 13.4. The van der Waals surface area contributed by atoms with E-state index in [1.54, 1.807) is 0 Å². The first-order valence-electron chi connectivity index (χ1n) is 18.2. The molecule has 0 saturated heterocycles. The third kappa shape index (κ3) is 6.82. The molecule has 0 aromatic carbocycles. The number of rotatable bonds is 11. The number of aliphatic hydroxyl groups excluding tert-OH is 1. The molecule has 0 unspecified atom stereocenters. The van der Waals surface area contributed by atoms with Gasteiger partial charge in [-0.3, -0.25) is 9.59 Å². The molecule has 4 aliphatic carbocycles. The predicted octanol–water partition coefficient (Wildman–Crippen LogP) is 9.89. The zero-order chi connectivity index (χ0) is 32.7. The lowest BCUT2D eigenvalue weighted by Gasteiger charge is -2.59. The zero-order valence-corrected chi connectivity index (χ0v) is 29.7. The predicted molar refractivity (Wildman–Crippen MR) is 181 cm³/mol. The smallest absolute Gasteiger partial charge is 0.306 e. The number of esters is 1. The SMILES string of the molecule is C=C1CC[C@H]2C(C)(C)C(=O)CC[C@]2(C)[C@H]1CC[C@H](C)CC(=O)OCC[C@@H](C)CC[C@H]1C(=C)CC[C@H]2C(C)(C)[C@@H](O)CC[C@]12C. The molecule has 0 aromatic rings. The number of carbonyl (C=O) groups excluding carboxylic acids is 2. The molecular formula is C40H66O4. The van der Waals surface area contributed by atoms with Crippen LogP contribution in [0.5, 0.6) is 0 Å². The first kappa shape index (κ1) is 35.4. The maximum absolute atomic E-state index is 12.8. The Morgan fingerprint density at radius 2 is 1.36 bits per heavy atom. The number of hydrogen-bond acceptors (Lipinski definition) is 4. The Morgan fingerprint density at radius 1 is 0.818 bits per heavy atom. The van der Waals surface area contributed by atoms with E-state index in [0.29, 0.717) is 54.8 Å². The lowest BCUT2D eigenvalue weighted by molar-refractivity contribution is -0.146. The lowest BCUT2D eigenvalue weighted by atomic mass is 9.46. The van der Waals surface area contributed by atoms with Crippen LogP contribution in [0.3, 0.4) is 0 Å². The number of fused-ring (bicyclic) bond motifs is 2. The van der Waals surface area contributed by atoms with E-state index in [1.807, 2.05) is 0 Å². The van der Waals surface area contributed by atoms with Crippen LogP contribution in [0.4, 0.5) is 0 Å². The maximum Gasteiger partial charge on any atom is 0.306 e. The van der Waals surface area contributed by atoms with Crippen molar-refractivity contribution in [1.29, 1.82) is 0 Å². The van der Waals surface area contributed by atoms with Gasteiger partial charge in [-0.1, -0.05) is 79.7 Å². The number of allylic oxidation sites excluding steroid dienone is 2. The largest absolute Gasteiger partial charge is 0.466 e. The van der Waals surface area contributed by atoms with Gasteiger partial charge in [0.15, 0.2) is 0 Å². The van der Waals surface area contributed by atoms with Gasteiger partial charge in [-0.2, -0.15) is 0 Å². The highest BCUT2D eigenvalue weighted by atomic mass is 16.5. The second-order valence-electron chi connectivity index (χ2n) is 17.7. The van der Waals surface area contributed by atoms with Crippen molar-refractivity contribution in [3.63, 3.8) is 0 Å². The molecule has 250 valence electrons. The molecule has 0 aromatic heterocycles. The minimum Gasteiger partial charge on any atom is -0.466 e. The van der Waals surface area contributed by atoms with E-state index in [1.165, 1.54) is 11.1 Å². The Balaban J connectivity index is 1.20. The maximum atomic E-state index is 12.8. The lowest BCUT2D eigenvalue weighted by Crippen LogP contribution is -2.54. The van der Waals surface area contributed by atoms with Crippen molar-refractivity contribution in [2.75, 3.05) is 6.61 Å². The summed E-state index contributed by atoms with van der Waals surface area (Å²) in [7, 11) is 0. The monoisotopic (exact) mass is 610 g/mol. The van der Waals surface area contributed by atoms with Crippen molar-refractivity contribution in [3.05, 3.63) is 24.3 Å². The molecule has 4 aliphatic rings. The summed E-state index contributed by atoms with van der Waals surface area (Å²) in [4.78, 5) is 25.5. The van der Waals surface area contributed by atoms with E-state index >= 15 is 0 Å². The Labute approximate surface area is 270 Å². The molecule has 0 heterocycles. The molecular weight excluding hydrogens is 544 g/mol. The van der Waals surface area contributed by atoms with Crippen molar-refractivity contribution >= 4 is 11.8 Å². The molecule has 4 heteroatoms. The van der Waals surface area contributed by atoms with E-state index in [0.717, 1.165) is 77.0 Å². The fraction of sp³-hybridized carbons (Fsp3) is 0.850. The Bertz CT molecular complexity index is 1080. The molecule has 4 fully saturated rings. The van der Waals surface area contributed by atoms with Crippen LogP contribution in [0.25, 0.3) is 0 Å². The highest BCUT2D eigenvalue weighted by Crippen LogP contribution is 2.62. The average molecular weight is 611 g/mol. The van der Waals surface area contributed by atoms with Crippen molar-refractivity contribution in [3.8, 4) is 0 Å². The first-order valence-corrected chi connectivity index (χ1v) is 18.2. The van der Waals surface area contributed by atoms with Crippen LogP contribution in [0.2, 0.25) is 0 Å². The number of ketones is 1. The van der Waals surface area contributed by atoms with Crippen molar-refractivity contribution in [2.24, 2.45) is 57.2 Å². The van der Waals surface area contributed by atoms with Gasteiger partial charge in [-0.25, -0.2) is 0 Å². The first-order chi connectivity index (χ1) is 20.4. The van der Waals surface area contributed by atoms with E-state index in [-0.39, 0.29) is 39.7 Å². The topological polar surface area (TPSA) is 63.6 Å². The van der Waals surface area contributed by atoms with Crippen LogP contribution in [-0.4, -0.2) is 29.6 Å². The summed E-state index contributed by atoms with van der Waals surface area (Å²) < 4.78 is 5.76. The molecule has 0 amide bonds. The third-order valence-electron chi connectivity index (χ3n) is 14.2. The number of hydrogen-bond donors (Lipinski definition) is 1. The molecule has 4 nitrogen and oxygen atoms in total. The van der Waals surface area contributed by atoms with Gasteiger partial charge in [0.25, 0.3) is 0 Å². The second-order valence-corrected chi connectivity index (χ2v) is 17.7. The molecule has 0 spiro atoms. The summed E-state index contributed by atoms with van der Waals surface area (Å²) in [6.45, 7) is 27.7. The third-order valence-corrected chi connectivity index (χ3v) is 14.2. The van der Waals surface area contributed by atoms with Crippen LogP contribution in [0.15, 0.2) is 24.3 Å². The summed E-state index contributed by atoms with van der Waals surface area (Å²) in [6, 6.07) is 0. The highest BCUT2D eigenvalue weighted by molar-refractivity contribution is 5.85. The van der Waals surface area contributed by atoms with E-state index in [4.69, 9.17) is 4.74 Å². The number of ether oxygens (including phenoxy) is 1. The van der Waals surface area contributed by atoms with Gasteiger partial charge in [-0.05, 0) is 129 Å². The van der Waals surface area contributed by atoms with Crippen LogP contribution < -0.4 is 0 Å². The molecule has 9 atom stereocenters. The van der Waals surface area contributed by atoms with E-state index in [9.17, 15) is 14.7 Å². The van der Waals surface area contributed by atoms with Crippen LogP contribution in [0.1, 0.15) is 145 Å².